The average molecular weight is 274 g/mol. The molecule has 1 N–H and O–H groups in total. The minimum Gasteiger partial charge on any atom is -0.375 e. The number of hydrogen-bond donors (Lipinski definition) is 1. The minimum absolute atomic E-state index is 0.787. The third kappa shape index (κ3) is 4.82. The topological polar surface area (TPSA) is 15.3 Å². The Morgan fingerprint density at radius 2 is 1.70 bits per heavy atom. The van der Waals surface area contributed by atoms with Gasteiger partial charge in [0.25, 0.3) is 0 Å². The van der Waals surface area contributed by atoms with E-state index in [0.717, 1.165) is 19.1 Å². The van der Waals surface area contributed by atoms with Crippen molar-refractivity contribution in [1.82, 2.24) is 5.32 Å². The molecule has 2 nitrogen and oxygen atoms in total. The highest BCUT2D eigenvalue weighted by Crippen LogP contribution is 2.18. The lowest BCUT2D eigenvalue weighted by atomic mass is 9.95. The third-order valence-electron chi connectivity index (χ3n) is 4.36. The normalized spacial score (nSPS) is 16.4. The quantitative estimate of drug-likeness (QED) is 0.787. The van der Waals surface area contributed by atoms with Crippen molar-refractivity contribution >= 4 is 5.69 Å². The number of aryl methyl sites for hydroxylation is 2. The van der Waals surface area contributed by atoms with Crippen LogP contribution in [0.3, 0.4) is 0 Å². The first kappa shape index (κ1) is 15.4. The number of anilines is 1. The average Bonchev–Trinajstić information content (AvgIpc) is 2.43. The fourth-order valence-corrected chi connectivity index (χ4v) is 3.23. The first-order valence-corrected chi connectivity index (χ1v) is 8.18. The molecule has 0 spiro atoms. The molecule has 1 aromatic carbocycles. The highest BCUT2D eigenvalue weighted by molar-refractivity contribution is 5.50. The number of nitrogens with one attached hydrogen (secondary N) is 1. The molecule has 0 aliphatic heterocycles. The van der Waals surface area contributed by atoms with Crippen molar-refractivity contribution in [2.75, 3.05) is 25.0 Å². The largest absolute Gasteiger partial charge is 0.375 e. The van der Waals surface area contributed by atoms with Crippen LogP contribution in [0.15, 0.2) is 18.2 Å². The summed E-state index contributed by atoms with van der Waals surface area (Å²) in [4.78, 5) is 2.38. The Morgan fingerprint density at radius 1 is 1.05 bits per heavy atom. The van der Waals surface area contributed by atoms with Crippen LogP contribution in [0.1, 0.15) is 49.7 Å². The molecular formula is C18H30N2. The van der Waals surface area contributed by atoms with Crippen molar-refractivity contribution in [3.05, 3.63) is 29.3 Å². The van der Waals surface area contributed by atoms with Gasteiger partial charge in [-0.3, -0.25) is 0 Å². The predicted octanol–water partition coefficient (Wildman–Crippen LogP) is 4.05. The van der Waals surface area contributed by atoms with E-state index in [1.807, 2.05) is 0 Å². The van der Waals surface area contributed by atoms with Crippen molar-refractivity contribution in [2.24, 2.45) is 0 Å². The van der Waals surface area contributed by atoms with Crippen molar-refractivity contribution in [3.8, 4) is 0 Å². The van der Waals surface area contributed by atoms with Gasteiger partial charge in [-0.25, -0.2) is 0 Å². The Labute approximate surface area is 124 Å². The van der Waals surface area contributed by atoms with E-state index in [4.69, 9.17) is 0 Å². The maximum absolute atomic E-state index is 3.72. The minimum atomic E-state index is 0.787. The highest BCUT2D eigenvalue weighted by atomic mass is 15.1. The fraction of sp³-hybridized carbons (Fsp3) is 0.667. The van der Waals surface area contributed by atoms with Crippen molar-refractivity contribution in [1.29, 1.82) is 0 Å². The summed E-state index contributed by atoms with van der Waals surface area (Å²) in [7, 11) is 2.20. The van der Waals surface area contributed by atoms with E-state index in [1.54, 1.807) is 0 Å². The van der Waals surface area contributed by atoms with Crippen LogP contribution in [-0.4, -0.2) is 26.2 Å². The lowest BCUT2D eigenvalue weighted by Crippen LogP contribution is -2.33. The first-order valence-electron chi connectivity index (χ1n) is 8.18. The van der Waals surface area contributed by atoms with E-state index in [-0.39, 0.29) is 0 Å². The van der Waals surface area contributed by atoms with Crippen molar-refractivity contribution in [3.63, 3.8) is 0 Å². The number of nitrogens with zero attached hydrogens (tertiary/aromatic N) is 1. The molecule has 20 heavy (non-hydrogen) atoms. The summed E-state index contributed by atoms with van der Waals surface area (Å²) < 4.78 is 0. The predicted molar refractivity (Wildman–Crippen MR) is 88.7 cm³/mol. The Balaban J connectivity index is 1.70. The lowest BCUT2D eigenvalue weighted by Gasteiger charge is -2.24. The monoisotopic (exact) mass is 274 g/mol. The van der Waals surface area contributed by atoms with Gasteiger partial charge in [-0.05, 0) is 62.9 Å². The molecule has 2 rings (SSSR count). The Morgan fingerprint density at radius 3 is 2.35 bits per heavy atom. The van der Waals surface area contributed by atoms with Crippen molar-refractivity contribution < 1.29 is 0 Å². The van der Waals surface area contributed by atoms with E-state index in [9.17, 15) is 0 Å². The standard InChI is InChI=1S/C18H30N2/c1-15-12-16(2)14-18(13-15)20(3)11-7-10-19-17-8-5-4-6-9-17/h12-14,17,19H,4-11H2,1-3H3. The molecule has 0 radical (unpaired) electrons. The molecule has 0 unspecified atom stereocenters. The Bertz CT molecular complexity index is 388. The van der Waals surface area contributed by atoms with Crippen LogP contribution in [-0.2, 0) is 0 Å². The SMILES string of the molecule is Cc1cc(C)cc(N(C)CCCNC2CCCCC2)c1. The Kier molecular flexibility index (Phi) is 5.90. The zero-order valence-corrected chi connectivity index (χ0v) is 13.4. The van der Waals surface area contributed by atoms with Gasteiger partial charge in [-0.1, -0.05) is 25.3 Å². The summed E-state index contributed by atoms with van der Waals surface area (Å²) >= 11 is 0. The van der Waals surface area contributed by atoms with Gasteiger partial charge in [0, 0.05) is 25.3 Å². The van der Waals surface area contributed by atoms with E-state index in [2.05, 4.69) is 49.3 Å². The van der Waals surface area contributed by atoms with Gasteiger partial charge < -0.3 is 10.2 Å². The van der Waals surface area contributed by atoms with Crippen LogP contribution in [0.5, 0.6) is 0 Å². The van der Waals surface area contributed by atoms with Crippen molar-refractivity contribution in [2.45, 2.75) is 58.4 Å². The summed E-state index contributed by atoms with van der Waals surface area (Å²) in [5.74, 6) is 0. The molecule has 2 heteroatoms. The molecule has 112 valence electrons. The maximum Gasteiger partial charge on any atom is 0.0368 e. The molecule has 0 aromatic heterocycles. The molecule has 1 saturated carbocycles. The van der Waals surface area contributed by atoms with E-state index in [1.165, 1.54) is 55.3 Å². The summed E-state index contributed by atoms with van der Waals surface area (Å²) in [6.45, 7) is 6.63. The van der Waals surface area contributed by atoms with Gasteiger partial charge in [0.2, 0.25) is 0 Å². The van der Waals surface area contributed by atoms with Gasteiger partial charge >= 0.3 is 0 Å². The molecule has 0 amide bonds. The summed E-state index contributed by atoms with van der Waals surface area (Å²) in [6, 6.07) is 7.58. The molecule has 0 bridgehead atoms. The van der Waals surface area contributed by atoms with Gasteiger partial charge in [-0.2, -0.15) is 0 Å². The maximum atomic E-state index is 3.72. The summed E-state index contributed by atoms with van der Waals surface area (Å²) in [5, 5.41) is 3.72. The second kappa shape index (κ2) is 7.68. The number of benzene rings is 1. The first-order chi connectivity index (χ1) is 9.65. The molecule has 1 aliphatic carbocycles. The number of rotatable bonds is 6. The van der Waals surface area contributed by atoms with Crippen LogP contribution in [0.4, 0.5) is 5.69 Å². The van der Waals surface area contributed by atoms with Gasteiger partial charge in [0.05, 0.1) is 0 Å². The van der Waals surface area contributed by atoms with Gasteiger partial charge in [0.1, 0.15) is 0 Å². The molecule has 1 aliphatic rings. The summed E-state index contributed by atoms with van der Waals surface area (Å²) in [5.41, 5.74) is 4.06. The molecular weight excluding hydrogens is 244 g/mol. The molecule has 0 saturated heterocycles. The van der Waals surface area contributed by atoms with Crippen LogP contribution in [0.25, 0.3) is 0 Å². The second-order valence-electron chi connectivity index (χ2n) is 6.41. The summed E-state index contributed by atoms with van der Waals surface area (Å²) in [6.07, 6.45) is 8.26. The smallest absolute Gasteiger partial charge is 0.0368 e. The second-order valence-corrected chi connectivity index (χ2v) is 6.41. The van der Waals surface area contributed by atoms with E-state index >= 15 is 0 Å². The lowest BCUT2D eigenvalue weighted by molar-refractivity contribution is 0.373. The highest BCUT2D eigenvalue weighted by Gasteiger charge is 2.11. The zero-order chi connectivity index (χ0) is 14.4. The Hall–Kier alpha value is -1.02. The molecule has 1 aromatic rings. The fourth-order valence-electron chi connectivity index (χ4n) is 3.23. The molecule has 0 atom stereocenters. The van der Waals surface area contributed by atoms with Gasteiger partial charge in [-0.15, -0.1) is 0 Å². The van der Waals surface area contributed by atoms with Crippen LogP contribution in [0, 0.1) is 13.8 Å². The zero-order valence-electron chi connectivity index (χ0n) is 13.4. The van der Waals surface area contributed by atoms with Crippen LogP contribution < -0.4 is 10.2 Å². The van der Waals surface area contributed by atoms with Crippen LogP contribution >= 0.6 is 0 Å². The third-order valence-corrected chi connectivity index (χ3v) is 4.36. The van der Waals surface area contributed by atoms with E-state index in [0.29, 0.717) is 0 Å². The molecule has 0 heterocycles. The molecule has 1 fully saturated rings. The van der Waals surface area contributed by atoms with Gasteiger partial charge in [0.15, 0.2) is 0 Å². The number of hydrogen-bond acceptors (Lipinski definition) is 2. The van der Waals surface area contributed by atoms with E-state index < -0.39 is 0 Å². The van der Waals surface area contributed by atoms with Crippen LogP contribution in [0.2, 0.25) is 0 Å².